The SMILES string of the molecule is CC1SCC(C(N)Cc2cc(F)ccc2Cl)SC1C. The Bertz CT molecular complexity index is 443. The standard InChI is InChI=1S/C14H19ClFNS2/c1-8-9(2)19-14(7-18-8)13(17)6-10-5-11(16)3-4-12(10)15/h3-5,8-9,13-14H,6-7,17H2,1-2H3. The van der Waals surface area contributed by atoms with Gasteiger partial charge in [0.1, 0.15) is 5.82 Å². The first-order valence-electron chi connectivity index (χ1n) is 6.44. The highest BCUT2D eigenvalue weighted by Gasteiger charge is 2.29. The average molecular weight is 320 g/mol. The van der Waals surface area contributed by atoms with Crippen molar-refractivity contribution in [1.82, 2.24) is 0 Å². The Morgan fingerprint density at radius 1 is 1.42 bits per heavy atom. The third kappa shape index (κ3) is 4.03. The van der Waals surface area contributed by atoms with Crippen LogP contribution >= 0.6 is 35.1 Å². The van der Waals surface area contributed by atoms with E-state index in [0.29, 0.717) is 27.2 Å². The zero-order valence-corrected chi connectivity index (χ0v) is 13.5. The number of hydrogen-bond acceptors (Lipinski definition) is 3. The summed E-state index contributed by atoms with van der Waals surface area (Å²) in [5.41, 5.74) is 7.10. The van der Waals surface area contributed by atoms with Crippen LogP contribution in [0.5, 0.6) is 0 Å². The number of thioether (sulfide) groups is 2. The Kier molecular flexibility index (Phi) is 5.46. The number of benzene rings is 1. The summed E-state index contributed by atoms with van der Waals surface area (Å²) in [4.78, 5) is 0. The molecule has 5 heteroatoms. The second kappa shape index (κ2) is 6.70. The van der Waals surface area contributed by atoms with E-state index in [9.17, 15) is 4.39 Å². The Morgan fingerprint density at radius 3 is 2.84 bits per heavy atom. The Morgan fingerprint density at radius 2 is 2.16 bits per heavy atom. The van der Waals surface area contributed by atoms with Gasteiger partial charge in [-0.2, -0.15) is 23.5 Å². The molecule has 1 aromatic carbocycles. The van der Waals surface area contributed by atoms with Gasteiger partial charge in [0.25, 0.3) is 0 Å². The van der Waals surface area contributed by atoms with Crippen LogP contribution in [0.1, 0.15) is 19.4 Å². The van der Waals surface area contributed by atoms with Crippen molar-refractivity contribution in [3.05, 3.63) is 34.6 Å². The van der Waals surface area contributed by atoms with Gasteiger partial charge < -0.3 is 5.73 Å². The van der Waals surface area contributed by atoms with Crippen LogP contribution in [-0.4, -0.2) is 27.5 Å². The van der Waals surface area contributed by atoms with Crippen LogP contribution in [-0.2, 0) is 6.42 Å². The highest BCUT2D eigenvalue weighted by atomic mass is 35.5. The van der Waals surface area contributed by atoms with E-state index in [-0.39, 0.29) is 11.9 Å². The second-order valence-corrected chi connectivity index (χ2v) is 8.46. The Balaban J connectivity index is 2.01. The number of halogens is 2. The molecule has 2 N–H and O–H groups in total. The summed E-state index contributed by atoms with van der Waals surface area (Å²) in [5, 5.41) is 2.30. The van der Waals surface area contributed by atoms with Crippen LogP contribution in [0.2, 0.25) is 5.02 Å². The number of hydrogen-bond donors (Lipinski definition) is 1. The lowest BCUT2D eigenvalue weighted by Crippen LogP contribution is -2.41. The van der Waals surface area contributed by atoms with Crippen molar-refractivity contribution in [2.45, 2.75) is 42.1 Å². The van der Waals surface area contributed by atoms with Crippen molar-refractivity contribution in [3.8, 4) is 0 Å². The number of rotatable bonds is 3. The molecule has 1 aromatic rings. The van der Waals surface area contributed by atoms with E-state index in [4.69, 9.17) is 17.3 Å². The molecule has 2 rings (SSSR count). The van der Waals surface area contributed by atoms with E-state index >= 15 is 0 Å². The fraction of sp³-hybridized carbons (Fsp3) is 0.571. The van der Waals surface area contributed by atoms with Gasteiger partial charge in [-0.1, -0.05) is 25.4 Å². The molecular weight excluding hydrogens is 301 g/mol. The minimum atomic E-state index is -0.251. The maximum Gasteiger partial charge on any atom is 0.123 e. The highest BCUT2D eigenvalue weighted by molar-refractivity contribution is 8.07. The lowest BCUT2D eigenvalue weighted by molar-refractivity contribution is 0.617. The maximum absolute atomic E-state index is 13.2. The molecular formula is C14H19ClFNS2. The smallest absolute Gasteiger partial charge is 0.123 e. The van der Waals surface area contributed by atoms with Gasteiger partial charge in [-0.15, -0.1) is 0 Å². The third-order valence-corrected chi connectivity index (χ3v) is 7.46. The predicted molar refractivity (Wildman–Crippen MR) is 85.9 cm³/mol. The van der Waals surface area contributed by atoms with Crippen molar-refractivity contribution in [3.63, 3.8) is 0 Å². The minimum Gasteiger partial charge on any atom is -0.326 e. The zero-order chi connectivity index (χ0) is 14.0. The van der Waals surface area contributed by atoms with Gasteiger partial charge >= 0.3 is 0 Å². The van der Waals surface area contributed by atoms with Gasteiger partial charge in [0.15, 0.2) is 0 Å². The van der Waals surface area contributed by atoms with Gasteiger partial charge in [0.05, 0.1) is 0 Å². The molecule has 0 aliphatic carbocycles. The molecule has 1 heterocycles. The lowest BCUT2D eigenvalue weighted by Gasteiger charge is -2.34. The topological polar surface area (TPSA) is 26.0 Å². The third-order valence-electron chi connectivity index (χ3n) is 3.51. The molecule has 1 saturated heterocycles. The van der Waals surface area contributed by atoms with E-state index in [2.05, 4.69) is 13.8 Å². The summed E-state index contributed by atoms with van der Waals surface area (Å²) in [6.07, 6.45) is 0.635. The normalized spacial score (nSPS) is 29.2. The quantitative estimate of drug-likeness (QED) is 0.912. The van der Waals surface area contributed by atoms with E-state index in [0.717, 1.165) is 11.3 Å². The summed E-state index contributed by atoms with van der Waals surface area (Å²) >= 11 is 10.0. The molecule has 1 aliphatic heterocycles. The molecule has 0 spiro atoms. The summed E-state index contributed by atoms with van der Waals surface area (Å²) in [6, 6.07) is 4.50. The molecule has 0 aromatic heterocycles. The molecule has 0 radical (unpaired) electrons. The van der Waals surface area contributed by atoms with E-state index in [1.165, 1.54) is 12.1 Å². The van der Waals surface area contributed by atoms with Gasteiger partial charge in [-0.05, 0) is 30.2 Å². The van der Waals surface area contributed by atoms with Crippen molar-refractivity contribution in [2.75, 3.05) is 5.75 Å². The van der Waals surface area contributed by atoms with Crippen LogP contribution < -0.4 is 5.73 Å². The largest absolute Gasteiger partial charge is 0.326 e. The number of nitrogens with two attached hydrogens (primary N) is 1. The highest BCUT2D eigenvalue weighted by Crippen LogP contribution is 2.37. The molecule has 19 heavy (non-hydrogen) atoms. The van der Waals surface area contributed by atoms with Crippen LogP contribution in [0, 0.1) is 5.82 Å². The van der Waals surface area contributed by atoms with Crippen LogP contribution in [0.25, 0.3) is 0 Å². The lowest BCUT2D eigenvalue weighted by atomic mass is 10.0. The average Bonchev–Trinajstić information content (AvgIpc) is 2.37. The predicted octanol–water partition coefficient (Wildman–Crippen LogP) is 3.97. The molecule has 1 nitrogen and oxygen atoms in total. The van der Waals surface area contributed by atoms with Crippen molar-refractivity contribution >= 4 is 35.1 Å². The summed E-state index contributed by atoms with van der Waals surface area (Å²) in [5.74, 6) is 0.809. The Labute approximate surface area is 127 Å². The Hall–Kier alpha value is 0.1000. The summed E-state index contributed by atoms with van der Waals surface area (Å²) in [7, 11) is 0. The van der Waals surface area contributed by atoms with Gasteiger partial charge in [0.2, 0.25) is 0 Å². The monoisotopic (exact) mass is 319 g/mol. The van der Waals surface area contributed by atoms with Crippen molar-refractivity contribution < 1.29 is 4.39 Å². The zero-order valence-electron chi connectivity index (χ0n) is 11.1. The first kappa shape index (κ1) is 15.5. The molecule has 1 fully saturated rings. The van der Waals surface area contributed by atoms with Crippen LogP contribution in [0.15, 0.2) is 18.2 Å². The maximum atomic E-state index is 13.2. The molecule has 0 bridgehead atoms. The van der Waals surface area contributed by atoms with Crippen LogP contribution in [0.3, 0.4) is 0 Å². The summed E-state index contributed by atoms with van der Waals surface area (Å²) < 4.78 is 13.2. The fourth-order valence-corrected chi connectivity index (χ4v) is 5.37. The first-order valence-corrected chi connectivity index (χ1v) is 8.81. The van der Waals surface area contributed by atoms with Gasteiger partial charge in [-0.3, -0.25) is 0 Å². The minimum absolute atomic E-state index is 0.0201. The fourth-order valence-electron chi connectivity index (χ4n) is 2.12. The molecule has 4 unspecified atom stereocenters. The van der Waals surface area contributed by atoms with Crippen molar-refractivity contribution in [1.29, 1.82) is 0 Å². The first-order chi connectivity index (χ1) is 8.97. The molecule has 106 valence electrons. The second-order valence-electron chi connectivity index (χ2n) is 5.02. The van der Waals surface area contributed by atoms with Crippen molar-refractivity contribution in [2.24, 2.45) is 5.73 Å². The van der Waals surface area contributed by atoms with Gasteiger partial charge in [0, 0.05) is 32.6 Å². The van der Waals surface area contributed by atoms with E-state index in [1.54, 1.807) is 6.07 Å². The molecule has 0 saturated carbocycles. The summed E-state index contributed by atoms with van der Waals surface area (Å²) in [6.45, 7) is 4.50. The van der Waals surface area contributed by atoms with Gasteiger partial charge in [-0.25, -0.2) is 4.39 Å². The molecule has 4 atom stereocenters. The van der Waals surface area contributed by atoms with E-state index < -0.39 is 0 Å². The van der Waals surface area contributed by atoms with Crippen LogP contribution in [0.4, 0.5) is 4.39 Å². The molecule has 1 aliphatic rings. The molecule has 0 amide bonds. The van der Waals surface area contributed by atoms with E-state index in [1.807, 2.05) is 23.5 Å².